The number of nitrogens with one attached hydrogen (secondary N) is 2. The molecule has 30 heavy (non-hydrogen) atoms. The van der Waals surface area contributed by atoms with Crippen molar-refractivity contribution in [1.29, 1.82) is 0 Å². The Morgan fingerprint density at radius 1 is 1.17 bits per heavy atom. The average Bonchev–Trinajstić information content (AvgIpc) is 3.34. The number of ether oxygens (including phenoxy) is 2. The molecule has 4 rings (SSSR count). The summed E-state index contributed by atoms with van der Waals surface area (Å²) in [5, 5.41) is 5.72. The van der Waals surface area contributed by atoms with Crippen molar-refractivity contribution < 1.29 is 23.9 Å². The second-order valence-electron chi connectivity index (χ2n) is 7.26. The topological polar surface area (TPSA) is 110 Å². The molecule has 0 unspecified atom stereocenters. The van der Waals surface area contributed by atoms with E-state index in [1.807, 2.05) is 6.07 Å². The fourth-order valence-electron chi connectivity index (χ4n) is 3.85. The number of carbonyl (C=O) groups excluding carboxylic acids is 3. The van der Waals surface area contributed by atoms with Crippen LogP contribution in [0.4, 0.5) is 4.79 Å². The van der Waals surface area contributed by atoms with Crippen molar-refractivity contribution in [3.8, 4) is 22.1 Å². The molecule has 4 amide bonds. The first-order valence-corrected chi connectivity index (χ1v) is 10.5. The first-order chi connectivity index (χ1) is 14.5. The van der Waals surface area contributed by atoms with Crippen LogP contribution in [0.3, 0.4) is 0 Å². The van der Waals surface area contributed by atoms with Gasteiger partial charge in [-0.05, 0) is 31.0 Å². The van der Waals surface area contributed by atoms with E-state index in [-0.39, 0.29) is 5.69 Å². The predicted molar refractivity (Wildman–Crippen MR) is 109 cm³/mol. The van der Waals surface area contributed by atoms with E-state index < -0.39 is 23.4 Å². The number of hydrogen-bond donors (Lipinski definition) is 2. The molecule has 2 aliphatic rings. The van der Waals surface area contributed by atoms with E-state index in [0.717, 1.165) is 29.8 Å². The minimum absolute atomic E-state index is 0.120. The maximum atomic E-state index is 12.8. The summed E-state index contributed by atoms with van der Waals surface area (Å²) in [5.74, 6) is 0.115. The largest absolute Gasteiger partial charge is 0.493 e. The van der Waals surface area contributed by atoms with Crippen LogP contribution in [0, 0.1) is 0 Å². The Balaban J connectivity index is 1.50. The van der Waals surface area contributed by atoms with Gasteiger partial charge < -0.3 is 14.8 Å². The second-order valence-corrected chi connectivity index (χ2v) is 8.12. The van der Waals surface area contributed by atoms with E-state index >= 15 is 0 Å². The van der Waals surface area contributed by atoms with Gasteiger partial charge in [-0.1, -0.05) is 19.3 Å². The summed E-state index contributed by atoms with van der Waals surface area (Å²) < 4.78 is 10.5. The molecule has 1 aliphatic heterocycles. The monoisotopic (exact) mass is 430 g/mol. The maximum Gasteiger partial charge on any atom is 0.344 e. The summed E-state index contributed by atoms with van der Waals surface area (Å²) in [7, 11) is 3.09. The van der Waals surface area contributed by atoms with Crippen LogP contribution in [0.5, 0.6) is 11.5 Å². The van der Waals surface area contributed by atoms with Gasteiger partial charge in [-0.3, -0.25) is 15.0 Å². The summed E-state index contributed by atoms with van der Waals surface area (Å²) in [4.78, 5) is 42.1. The van der Waals surface area contributed by atoms with Gasteiger partial charge in [-0.25, -0.2) is 9.78 Å². The maximum absolute atomic E-state index is 12.8. The summed E-state index contributed by atoms with van der Waals surface area (Å²) in [6, 6.07) is 4.73. The first kappa shape index (κ1) is 20.1. The van der Waals surface area contributed by atoms with Crippen molar-refractivity contribution in [3.63, 3.8) is 0 Å². The molecule has 2 N–H and O–H groups in total. The number of hydrogen-bond acceptors (Lipinski definition) is 7. The zero-order valence-electron chi connectivity index (χ0n) is 16.7. The summed E-state index contributed by atoms with van der Waals surface area (Å²) >= 11 is 1.27. The number of nitrogens with zero attached hydrogens (tertiary/aromatic N) is 2. The van der Waals surface area contributed by atoms with Crippen molar-refractivity contribution >= 4 is 29.2 Å². The highest BCUT2D eigenvalue weighted by molar-refractivity contribution is 7.13. The van der Waals surface area contributed by atoms with Gasteiger partial charge in [-0.2, -0.15) is 5.01 Å². The van der Waals surface area contributed by atoms with Crippen LogP contribution >= 0.6 is 11.3 Å². The lowest BCUT2D eigenvalue weighted by atomic mass is 9.82. The Morgan fingerprint density at radius 2 is 1.90 bits per heavy atom. The lowest BCUT2D eigenvalue weighted by molar-refractivity contribution is -0.134. The molecule has 1 aliphatic carbocycles. The van der Waals surface area contributed by atoms with Crippen molar-refractivity contribution in [2.45, 2.75) is 37.6 Å². The fraction of sp³-hybridized carbons (Fsp3) is 0.400. The molecule has 1 saturated carbocycles. The number of rotatable bonds is 5. The van der Waals surface area contributed by atoms with Crippen molar-refractivity contribution in [2.75, 3.05) is 14.2 Å². The van der Waals surface area contributed by atoms with Crippen LogP contribution in [0.2, 0.25) is 0 Å². The van der Waals surface area contributed by atoms with Crippen LogP contribution in [0.1, 0.15) is 42.6 Å². The summed E-state index contributed by atoms with van der Waals surface area (Å²) in [6.45, 7) is 0. The number of aromatic nitrogens is 1. The number of hydrazine groups is 1. The molecule has 1 spiro atoms. The van der Waals surface area contributed by atoms with Crippen LogP contribution in [-0.2, 0) is 4.79 Å². The zero-order valence-corrected chi connectivity index (χ0v) is 17.5. The second kappa shape index (κ2) is 7.94. The standard InChI is InChI=1S/C20H22N4O5S/c1-28-14-7-6-12(10-15(14)29-2)17-21-13(11-30-17)16(25)23-24-18(26)20(22-19(24)27)8-4-3-5-9-20/h6-7,10-11H,3-5,8-9H2,1-2H3,(H,22,27)(H,23,25). The molecule has 0 radical (unpaired) electrons. The van der Waals surface area contributed by atoms with E-state index in [0.29, 0.717) is 29.3 Å². The third kappa shape index (κ3) is 3.47. The van der Waals surface area contributed by atoms with Crippen LogP contribution in [0.15, 0.2) is 23.6 Å². The molecular formula is C20H22N4O5S. The Hall–Kier alpha value is -3.14. The molecule has 1 saturated heterocycles. The van der Waals surface area contributed by atoms with E-state index in [1.54, 1.807) is 31.7 Å². The Bertz CT molecular complexity index is 999. The molecule has 158 valence electrons. The lowest BCUT2D eigenvalue weighted by Crippen LogP contribution is -2.51. The van der Waals surface area contributed by atoms with Gasteiger partial charge in [0.05, 0.1) is 14.2 Å². The van der Waals surface area contributed by atoms with Crippen LogP contribution in [-0.4, -0.2) is 47.6 Å². The van der Waals surface area contributed by atoms with Gasteiger partial charge in [0.2, 0.25) is 0 Å². The molecule has 2 aromatic rings. The SMILES string of the molecule is COc1ccc(-c2nc(C(=O)NN3C(=O)NC4(CCCCC4)C3=O)cs2)cc1OC. The third-order valence-electron chi connectivity index (χ3n) is 5.45. The molecule has 1 aromatic carbocycles. The number of imide groups is 1. The number of benzene rings is 1. The zero-order chi connectivity index (χ0) is 21.3. The molecule has 10 heteroatoms. The van der Waals surface area contributed by atoms with Gasteiger partial charge in [-0.15, -0.1) is 11.3 Å². The summed E-state index contributed by atoms with van der Waals surface area (Å²) in [6.07, 6.45) is 3.95. The molecule has 0 atom stereocenters. The van der Waals surface area contributed by atoms with Gasteiger partial charge >= 0.3 is 6.03 Å². The molecule has 2 heterocycles. The Morgan fingerprint density at radius 3 is 2.60 bits per heavy atom. The number of urea groups is 1. The van der Waals surface area contributed by atoms with E-state index in [9.17, 15) is 14.4 Å². The van der Waals surface area contributed by atoms with E-state index in [1.165, 1.54) is 11.3 Å². The van der Waals surface area contributed by atoms with Gasteiger partial charge in [0, 0.05) is 10.9 Å². The average molecular weight is 430 g/mol. The quantitative estimate of drug-likeness (QED) is 0.706. The molecule has 9 nitrogen and oxygen atoms in total. The molecular weight excluding hydrogens is 408 g/mol. The molecule has 2 fully saturated rings. The third-order valence-corrected chi connectivity index (χ3v) is 6.34. The highest BCUT2D eigenvalue weighted by atomic mass is 32.1. The highest BCUT2D eigenvalue weighted by Gasteiger charge is 2.52. The van der Waals surface area contributed by atoms with Gasteiger partial charge in [0.25, 0.3) is 11.8 Å². The smallest absolute Gasteiger partial charge is 0.344 e. The van der Waals surface area contributed by atoms with Crippen LogP contribution in [0.25, 0.3) is 10.6 Å². The molecule has 0 bridgehead atoms. The highest BCUT2D eigenvalue weighted by Crippen LogP contribution is 2.34. The van der Waals surface area contributed by atoms with Gasteiger partial charge in [0.15, 0.2) is 11.5 Å². The van der Waals surface area contributed by atoms with Crippen molar-refractivity contribution in [2.24, 2.45) is 0 Å². The first-order valence-electron chi connectivity index (χ1n) is 9.63. The minimum atomic E-state index is -0.893. The number of carbonyl (C=O) groups is 3. The Kier molecular flexibility index (Phi) is 5.33. The fourth-order valence-corrected chi connectivity index (χ4v) is 4.65. The van der Waals surface area contributed by atoms with Gasteiger partial charge in [0.1, 0.15) is 16.2 Å². The van der Waals surface area contributed by atoms with Crippen molar-refractivity contribution in [1.82, 2.24) is 20.7 Å². The number of thiazole rings is 1. The number of amides is 4. The minimum Gasteiger partial charge on any atom is -0.493 e. The molecule has 1 aromatic heterocycles. The van der Waals surface area contributed by atoms with E-state index in [4.69, 9.17) is 9.47 Å². The van der Waals surface area contributed by atoms with Crippen molar-refractivity contribution in [3.05, 3.63) is 29.3 Å². The summed E-state index contributed by atoms with van der Waals surface area (Å²) in [5.41, 5.74) is 2.39. The van der Waals surface area contributed by atoms with E-state index in [2.05, 4.69) is 15.7 Å². The predicted octanol–water partition coefficient (Wildman–Crippen LogP) is 2.73. The number of methoxy groups -OCH3 is 2. The normalized spacial score (nSPS) is 17.7. The lowest BCUT2D eigenvalue weighted by Gasteiger charge is -2.30. The van der Waals surface area contributed by atoms with Crippen LogP contribution < -0.4 is 20.2 Å². The Labute approximate surface area is 177 Å².